The number of fused-ring (bicyclic) bond motifs is 1. The van der Waals surface area contributed by atoms with Crippen molar-refractivity contribution in [3.8, 4) is 17.1 Å². The van der Waals surface area contributed by atoms with Gasteiger partial charge in [-0.3, -0.25) is 9.59 Å². The summed E-state index contributed by atoms with van der Waals surface area (Å²) < 4.78 is 11.7. The molecule has 1 heterocycles. The Bertz CT molecular complexity index is 1360. The third kappa shape index (κ3) is 3.89. The molecule has 1 amide bonds. The molecule has 0 aliphatic heterocycles. The topological polar surface area (TPSA) is 59.8 Å². The van der Waals surface area contributed by atoms with Crippen LogP contribution in [0.1, 0.15) is 27.0 Å². The monoisotopic (exact) mass is 427 g/mol. The first-order valence-corrected chi connectivity index (χ1v) is 10.4. The van der Waals surface area contributed by atoms with E-state index in [0.29, 0.717) is 34.4 Å². The van der Waals surface area contributed by atoms with Gasteiger partial charge in [0, 0.05) is 30.3 Å². The number of hydrogen-bond donors (Lipinski definition) is 0. The van der Waals surface area contributed by atoms with E-state index < -0.39 is 0 Å². The molecule has 3 aromatic carbocycles. The maximum atomic E-state index is 13.4. The first kappa shape index (κ1) is 21.4. The molecular weight excluding hydrogens is 402 g/mol. The molecule has 162 valence electrons. The lowest BCUT2D eigenvalue weighted by molar-refractivity contribution is 0.0785. The fourth-order valence-corrected chi connectivity index (χ4v) is 3.91. The first-order chi connectivity index (χ1) is 15.4. The van der Waals surface area contributed by atoms with E-state index in [1.165, 1.54) is 0 Å². The molecule has 1 aromatic heterocycles. The van der Waals surface area contributed by atoms with Crippen molar-refractivity contribution in [1.82, 2.24) is 4.90 Å². The summed E-state index contributed by atoms with van der Waals surface area (Å²) in [6.45, 7) is 4.11. The summed E-state index contributed by atoms with van der Waals surface area (Å²) in [6.07, 6.45) is 0. The minimum absolute atomic E-state index is 0.136. The summed E-state index contributed by atoms with van der Waals surface area (Å²) in [5, 5.41) is 0.398. The second-order valence-electron chi connectivity index (χ2n) is 7.91. The Morgan fingerprint density at radius 3 is 2.47 bits per heavy atom. The zero-order valence-corrected chi connectivity index (χ0v) is 18.6. The van der Waals surface area contributed by atoms with Crippen molar-refractivity contribution >= 4 is 16.9 Å². The Hall–Kier alpha value is -3.86. The summed E-state index contributed by atoms with van der Waals surface area (Å²) in [4.78, 5) is 28.1. The van der Waals surface area contributed by atoms with Crippen molar-refractivity contribution in [2.75, 3.05) is 14.2 Å². The van der Waals surface area contributed by atoms with E-state index in [-0.39, 0.29) is 11.3 Å². The predicted molar refractivity (Wildman–Crippen MR) is 126 cm³/mol. The van der Waals surface area contributed by atoms with Crippen molar-refractivity contribution in [3.05, 3.63) is 99.2 Å². The molecule has 4 aromatic rings. The van der Waals surface area contributed by atoms with Gasteiger partial charge in [0.05, 0.1) is 18.1 Å². The van der Waals surface area contributed by atoms with Gasteiger partial charge in [0.2, 0.25) is 0 Å². The normalized spacial score (nSPS) is 10.9. The van der Waals surface area contributed by atoms with Crippen molar-refractivity contribution < 1.29 is 13.9 Å². The van der Waals surface area contributed by atoms with E-state index in [2.05, 4.69) is 0 Å². The Labute approximate surface area is 186 Å². The van der Waals surface area contributed by atoms with E-state index in [1.54, 1.807) is 44.2 Å². The molecule has 0 spiro atoms. The van der Waals surface area contributed by atoms with Gasteiger partial charge in [0.25, 0.3) is 5.91 Å². The van der Waals surface area contributed by atoms with Gasteiger partial charge in [-0.2, -0.15) is 0 Å². The third-order valence-corrected chi connectivity index (χ3v) is 5.60. The fraction of sp³-hybridized carbons (Fsp3) is 0.185. The number of nitrogens with zero attached hydrogens (tertiary/aromatic N) is 1. The van der Waals surface area contributed by atoms with Crippen LogP contribution in [0.5, 0.6) is 5.75 Å². The Balaban J connectivity index is 1.79. The van der Waals surface area contributed by atoms with Crippen LogP contribution in [0.4, 0.5) is 0 Å². The van der Waals surface area contributed by atoms with Crippen LogP contribution in [0.15, 0.2) is 75.9 Å². The van der Waals surface area contributed by atoms with Gasteiger partial charge in [-0.05, 0) is 32.0 Å². The summed E-state index contributed by atoms with van der Waals surface area (Å²) >= 11 is 0. The molecule has 32 heavy (non-hydrogen) atoms. The van der Waals surface area contributed by atoms with Crippen LogP contribution in [0.2, 0.25) is 0 Å². The van der Waals surface area contributed by atoms with Crippen LogP contribution in [0.25, 0.3) is 22.3 Å². The Morgan fingerprint density at radius 2 is 1.75 bits per heavy atom. The number of benzene rings is 3. The lowest BCUT2D eigenvalue weighted by Gasteiger charge is -2.20. The zero-order valence-electron chi connectivity index (χ0n) is 18.6. The number of methoxy groups -OCH3 is 1. The molecule has 0 aliphatic carbocycles. The second-order valence-corrected chi connectivity index (χ2v) is 7.91. The summed E-state index contributed by atoms with van der Waals surface area (Å²) in [7, 11) is 3.34. The van der Waals surface area contributed by atoms with Gasteiger partial charge < -0.3 is 14.1 Å². The predicted octanol–water partition coefficient (Wildman–Crippen LogP) is 5.36. The van der Waals surface area contributed by atoms with Crippen LogP contribution in [-0.2, 0) is 6.54 Å². The molecule has 0 N–H and O–H groups in total. The molecule has 5 nitrogen and oxygen atoms in total. The van der Waals surface area contributed by atoms with E-state index in [0.717, 1.165) is 22.4 Å². The molecule has 0 bridgehead atoms. The van der Waals surface area contributed by atoms with Crippen LogP contribution < -0.4 is 10.2 Å². The highest BCUT2D eigenvalue weighted by atomic mass is 16.5. The molecule has 0 unspecified atom stereocenters. The molecule has 0 atom stereocenters. The van der Waals surface area contributed by atoms with E-state index in [4.69, 9.17) is 9.15 Å². The Kier molecular flexibility index (Phi) is 5.82. The van der Waals surface area contributed by atoms with Gasteiger partial charge in [-0.15, -0.1) is 0 Å². The number of ether oxygens (including phenoxy) is 1. The molecule has 5 heteroatoms. The largest absolute Gasteiger partial charge is 0.496 e. The number of amides is 1. The maximum Gasteiger partial charge on any atom is 0.257 e. The lowest BCUT2D eigenvalue weighted by Crippen LogP contribution is -2.27. The third-order valence-electron chi connectivity index (χ3n) is 5.60. The van der Waals surface area contributed by atoms with Crippen molar-refractivity contribution in [2.24, 2.45) is 0 Å². The number of carbonyl (C=O) groups is 1. The molecule has 0 aliphatic rings. The SMILES string of the molecule is COc1ccc(C)cc1CN(C)C(=O)c1cccc2c(=O)c(C)c(-c3ccccc3)oc12. The van der Waals surface area contributed by atoms with Crippen LogP contribution in [0.3, 0.4) is 0 Å². The van der Waals surface area contributed by atoms with Crippen molar-refractivity contribution in [2.45, 2.75) is 20.4 Å². The van der Waals surface area contributed by atoms with Crippen molar-refractivity contribution in [3.63, 3.8) is 0 Å². The van der Waals surface area contributed by atoms with E-state index >= 15 is 0 Å². The highest BCUT2D eigenvalue weighted by Gasteiger charge is 2.21. The summed E-state index contributed by atoms with van der Waals surface area (Å²) in [5.74, 6) is 0.971. The average molecular weight is 428 g/mol. The van der Waals surface area contributed by atoms with Crippen LogP contribution in [0, 0.1) is 13.8 Å². The molecule has 0 saturated heterocycles. The van der Waals surface area contributed by atoms with Crippen molar-refractivity contribution in [1.29, 1.82) is 0 Å². The quantitative estimate of drug-likeness (QED) is 0.430. The number of para-hydroxylation sites is 1. The van der Waals surface area contributed by atoms with Gasteiger partial charge in [0.15, 0.2) is 11.0 Å². The number of aryl methyl sites for hydroxylation is 1. The molecule has 0 radical (unpaired) electrons. The van der Waals surface area contributed by atoms with E-state index in [9.17, 15) is 9.59 Å². The summed E-state index contributed by atoms with van der Waals surface area (Å²) in [5.41, 5.74) is 3.82. The maximum absolute atomic E-state index is 13.4. The van der Waals surface area contributed by atoms with Gasteiger partial charge in [-0.25, -0.2) is 0 Å². The molecular formula is C27H25NO4. The smallest absolute Gasteiger partial charge is 0.257 e. The molecule has 0 fully saturated rings. The minimum atomic E-state index is -0.231. The van der Waals surface area contributed by atoms with E-state index in [1.807, 2.05) is 55.5 Å². The number of carbonyl (C=O) groups excluding carboxylic acids is 1. The molecule has 4 rings (SSSR count). The van der Waals surface area contributed by atoms with Gasteiger partial charge in [-0.1, -0.05) is 54.1 Å². The number of hydrogen-bond acceptors (Lipinski definition) is 4. The Morgan fingerprint density at radius 1 is 1.00 bits per heavy atom. The average Bonchev–Trinajstić information content (AvgIpc) is 2.81. The summed E-state index contributed by atoms with van der Waals surface area (Å²) in [6, 6.07) is 20.4. The van der Waals surface area contributed by atoms with Gasteiger partial charge >= 0.3 is 0 Å². The fourth-order valence-electron chi connectivity index (χ4n) is 3.91. The highest BCUT2D eigenvalue weighted by molar-refractivity contribution is 6.05. The molecule has 0 saturated carbocycles. The highest BCUT2D eigenvalue weighted by Crippen LogP contribution is 2.28. The van der Waals surface area contributed by atoms with Crippen LogP contribution >= 0.6 is 0 Å². The number of rotatable bonds is 5. The lowest BCUT2D eigenvalue weighted by atomic mass is 10.0. The van der Waals surface area contributed by atoms with Gasteiger partial charge in [0.1, 0.15) is 11.5 Å². The minimum Gasteiger partial charge on any atom is -0.496 e. The first-order valence-electron chi connectivity index (χ1n) is 10.4. The zero-order chi connectivity index (χ0) is 22.8. The van der Waals surface area contributed by atoms with Crippen LogP contribution in [-0.4, -0.2) is 25.0 Å². The standard InChI is InChI=1S/C27H25NO4/c1-17-13-14-23(31-4)20(15-17)16-28(3)27(30)22-12-8-11-21-24(29)18(2)25(32-26(21)22)19-9-6-5-7-10-19/h5-15H,16H2,1-4H3. The second kappa shape index (κ2) is 8.71.